The Labute approximate surface area is 59.7 Å². The maximum Gasteiger partial charge on any atom is 0.134 e. The Kier molecular flexibility index (Phi) is 4.89. The van der Waals surface area contributed by atoms with E-state index in [0.29, 0.717) is 0 Å². The second-order valence-corrected chi connectivity index (χ2v) is 2.00. The molecular formula is C7H12F2O. The standard InChI is InChI=1S/C7H12F2O/c1-3-10-7(4-5-8)6(2)9/h3,6-7H,1,4-5H2,2H3. The lowest BCUT2D eigenvalue weighted by Crippen LogP contribution is -2.21. The first-order chi connectivity index (χ1) is 4.72. The van der Waals surface area contributed by atoms with Crippen LogP contribution in [0.15, 0.2) is 12.8 Å². The minimum Gasteiger partial charge on any atom is -0.496 e. The normalized spacial score (nSPS) is 15.9. The highest BCUT2D eigenvalue weighted by Crippen LogP contribution is 2.08. The molecule has 0 aliphatic heterocycles. The lowest BCUT2D eigenvalue weighted by atomic mass is 10.2. The zero-order chi connectivity index (χ0) is 7.98. The summed E-state index contributed by atoms with van der Waals surface area (Å²) in [4.78, 5) is 0. The molecule has 0 saturated heterocycles. The molecule has 60 valence electrons. The van der Waals surface area contributed by atoms with Crippen molar-refractivity contribution >= 4 is 0 Å². The van der Waals surface area contributed by atoms with Gasteiger partial charge in [0, 0.05) is 6.42 Å². The van der Waals surface area contributed by atoms with Gasteiger partial charge in [0.05, 0.1) is 12.9 Å². The maximum absolute atomic E-state index is 12.4. The predicted octanol–water partition coefficient (Wildman–Crippen LogP) is 2.23. The van der Waals surface area contributed by atoms with Crippen LogP contribution in [0, 0.1) is 0 Å². The van der Waals surface area contributed by atoms with Gasteiger partial charge in [0.25, 0.3) is 0 Å². The molecule has 0 aliphatic carbocycles. The van der Waals surface area contributed by atoms with Crippen molar-refractivity contribution < 1.29 is 13.5 Å². The lowest BCUT2D eigenvalue weighted by Gasteiger charge is -2.15. The van der Waals surface area contributed by atoms with Gasteiger partial charge in [0.15, 0.2) is 0 Å². The van der Waals surface area contributed by atoms with Crippen LogP contribution in [0.5, 0.6) is 0 Å². The van der Waals surface area contributed by atoms with Crippen LogP contribution in [0.3, 0.4) is 0 Å². The molecule has 2 unspecified atom stereocenters. The molecule has 0 amide bonds. The lowest BCUT2D eigenvalue weighted by molar-refractivity contribution is 0.0581. The van der Waals surface area contributed by atoms with Crippen molar-refractivity contribution in [2.75, 3.05) is 6.67 Å². The van der Waals surface area contributed by atoms with Crippen LogP contribution in [0.1, 0.15) is 13.3 Å². The van der Waals surface area contributed by atoms with E-state index in [9.17, 15) is 8.78 Å². The number of hydrogen-bond donors (Lipinski definition) is 0. The molecule has 0 aromatic heterocycles. The molecule has 0 fully saturated rings. The van der Waals surface area contributed by atoms with Crippen molar-refractivity contribution in [3.05, 3.63) is 12.8 Å². The molecule has 3 heteroatoms. The van der Waals surface area contributed by atoms with Crippen LogP contribution in [-0.2, 0) is 4.74 Å². The zero-order valence-corrected chi connectivity index (χ0v) is 6.02. The first kappa shape index (κ1) is 9.40. The Hall–Kier alpha value is -0.600. The largest absolute Gasteiger partial charge is 0.496 e. The zero-order valence-electron chi connectivity index (χ0n) is 6.02. The molecule has 2 atom stereocenters. The van der Waals surface area contributed by atoms with Crippen LogP contribution in [-0.4, -0.2) is 19.0 Å². The van der Waals surface area contributed by atoms with Gasteiger partial charge < -0.3 is 4.74 Å². The van der Waals surface area contributed by atoms with Crippen LogP contribution in [0.4, 0.5) is 8.78 Å². The van der Waals surface area contributed by atoms with Crippen molar-refractivity contribution in [1.29, 1.82) is 0 Å². The van der Waals surface area contributed by atoms with Gasteiger partial charge in [-0.2, -0.15) is 0 Å². The monoisotopic (exact) mass is 150 g/mol. The average molecular weight is 150 g/mol. The van der Waals surface area contributed by atoms with Crippen LogP contribution in [0.2, 0.25) is 0 Å². The molecule has 0 aromatic rings. The Morgan fingerprint density at radius 2 is 2.30 bits per heavy atom. The van der Waals surface area contributed by atoms with Gasteiger partial charge in [0.1, 0.15) is 12.3 Å². The van der Waals surface area contributed by atoms with E-state index in [2.05, 4.69) is 6.58 Å². The van der Waals surface area contributed by atoms with Crippen molar-refractivity contribution in [3.63, 3.8) is 0 Å². The van der Waals surface area contributed by atoms with Crippen molar-refractivity contribution in [2.45, 2.75) is 25.6 Å². The third kappa shape index (κ3) is 3.43. The van der Waals surface area contributed by atoms with Gasteiger partial charge in [-0.25, -0.2) is 4.39 Å². The van der Waals surface area contributed by atoms with E-state index in [-0.39, 0.29) is 6.42 Å². The first-order valence-corrected chi connectivity index (χ1v) is 3.18. The Bertz CT molecular complexity index is 93.6. The summed E-state index contributed by atoms with van der Waals surface area (Å²) in [5.41, 5.74) is 0. The highest BCUT2D eigenvalue weighted by atomic mass is 19.1. The minimum absolute atomic E-state index is 0.0870. The van der Waals surface area contributed by atoms with Crippen LogP contribution in [0.25, 0.3) is 0 Å². The summed E-state index contributed by atoms with van der Waals surface area (Å²) < 4.78 is 28.7. The van der Waals surface area contributed by atoms with E-state index in [4.69, 9.17) is 4.74 Å². The Balaban J connectivity index is 3.60. The first-order valence-electron chi connectivity index (χ1n) is 3.18. The van der Waals surface area contributed by atoms with Crippen molar-refractivity contribution in [3.8, 4) is 0 Å². The topological polar surface area (TPSA) is 9.23 Å². The Morgan fingerprint density at radius 3 is 2.60 bits per heavy atom. The fourth-order valence-corrected chi connectivity index (χ4v) is 0.637. The number of rotatable bonds is 5. The molecule has 0 heterocycles. The second kappa shape index (κ2) is 5.21. The molecule has 0 spiro atoms. The third-order valence-electron chi connectivity index (χ3n) is 1.18. The summed E-state index contributed by atoms with van der Waals surface area (Å²) >= 11 is 0. The van der Waals surface area contributed by atoms with Gasteiger partial charge in [0.2, 0.25) is 0 Å². The van der Waals surface area contributed by atoms with E-state index >= 15 is 0 Å². The molecule has 0 radical (unpaired) electrons. The molecule has 0 bridgehead atoms. The van der Waals surface area contributed by atoms with Crippen LogP contribution < -0.4 is 0 Å². The maximum atomic E-state index is 12.4. The number of alkyl halides is 2. The smallest absolute Gasteiger partial charge is 0.134 e. The molecule has 0 rings (SSSR count). The summed E-state index contributed by atoms with van der Waals surface area (Å²) in [5.74, 6) is 0. The van der Waals surface area contributed by atoms with Gasteiger partial charge >= 0.3 is 0 Å². The fraction of sp³-hybridized carbons (Fsp3) is 0.714. The Morgan fingerprint density at radius 1 is 1.70 bits per heavy atom. The van der Waals surface area contributed by atoms with Crippen molar-refractivity contribution in [2.24, 2.45) is 0 Å². The number of halogens is 2. The summed E-state index contributed by atoms with van der Waals surface area (Å²) in [7, 11) is 0. The van der Waals surface area contributed by atoms with Crippen molar-refractivity contribution in [1.82, 2.24) is 0 Å². The van der Waals surface area contributed by atoms with Gasteiger partial charge in [-0.1, -0.05) is 6.58 Å². The summed E-state index contributed by atoms with van der Waals surface area (Å²) in [5, 5.41) is 0. The summed E-state index contributed by atoms with van der Waals surface area (Å²) in [6.45, 7) is 4.03. The summed E-state index contributed by atoms with van der Waals surface area (Å²) in [6, 6.07) is 0. The molecule has 1 nitrogen and oxygen atoms in total. The molecule has 10 heavy (non-hydrogen) atoms. The van der Waals surface area contributed by atoms with Gasteiger partial charge in [-0.3, -0.25) is 4.39 Å². The highest BCUT2D eigenvalue weighted by Gasteiger charge is 2.15. The van der Waals surface area contributed by atoms with E-state index < -0.39 is 19.0 Å². The molecule has 0 aromatic carbocycles. The fourth-order valence-electron chi connectivity index (χ4n) is 0.637. The number of hydrogen-bond acceptors (Lipinski definition) is 1. The van der Waals surface area contributed by atoms with Crippen LogP contribution >= 0.6 is 0 Å². The number of ether oxygens (including phenoxy) is 1. The predicted molar refractivity (Wildman–Crippen MR) is 36.2 cm³/mol. The van der Waals surface area contributed by atoms with Gasteiger partial charge in [-0.05, 0) is 6.92 Å². The van der Waals surface area contributed by atoms with E-state index in [1.807, 2.05) is 0 Å². The van der Waals surface area contributed by atoms with E-state index in [1.54, 1.807) is 0 Å². The average Bonchev–Trinajstić information content (AvgIpc) is 1.87. The van der Waals surface area contributed by atoms with E-state index in [0.717, 1.165) is 6.26 Å². The molecule has 0 saturated carbocycles. The SMILES string of the molecule is C=COC(CCF)C(C)F. The molecule has 0 N–H and O–H groups in total. The minimum atomic E-state index is -1.14. The summed E-state index contributed by atoms with van der Waals surface area (Å²) in [6.07, 6.45) is -0.601. The van der Waals surface area contributed by atoms with Gasteiger partial charge in [-0.15, -0.1) is 0 Å². The third-order valence-corrected chi connectivity index (χ3v) is 1.18. The molecular weight excluding hydrogens is 138 g/mol. The highest BCUT2D eigenvalue weighted by molar-refractivity contribution is 4.67. The second-order valence-electron chi connectivity index (χ2n) is 2.00. The molecule has 0 aliphatic rings. The van der Waals surface area contributed by atoms with E-state index in [1.165, 1.54) is 6.92 Å². The quantitative estimate of drug-likeness (QED) is 0.546.